The second-order valence-corrected chi connectivity index (χ2v) is 17.9. The normalized spacial score (nSPS) is 12.3. The van der Waals surface area contributed by atoms with Crippen LogP contribution in [0.5, 0.6) is 11.5 Å². The predicted octanol–water partition coefficient (Wildman–Crippen LogP) is 6.82. The van der Waals surface area contributed by atoms with Crippen LogP contribution in [0.15, 0.2) is 48.9 Å². The Bertz CT molecular complexity index is 1780. The first-order valence-electron chi connectivity index (χ1n) is 13.7. The molecule has 0 radical (unpaired) electrons. The van der Waals surface area contributed by atoms with E-state index in [0.717, 1.165) is 29.5 Å². The number of rotatable bonds is 10. The first-order chi connectivity index (χ1) is 19.9. The van der Waals surface area contributed by atoms with Crippen LogP contribution in [0, 0.1) is 6.92 Å². The van der Waals surface area contributed by atoms with E-state index >= 15 is 0 Å². The van der Waals surface area contributed by atoms with Gasteiger partial charge in [0, 0.05) is 32.5 Å². The van der Waals surface area contributed by atoms with Gasteiger partial charge < -0.3 is 18.8 Å². The molecule has 3 aromatic heterocycles. The monoisotopic (exact) mass is 606 g/mol. The van der Waals surface area contributed by atoms with E-state index in [-0.39, 0.29) is 0 Å². The zero-order chi connectivity index (χ0) is 30.2. The van der Waals surface area contributed by atoms with Crippen LogP contribution in [0.3, 0.4) is 0 Å². The summed E-state index contributed by atoms with van der Waals surface area (Å²) in [7, 11) is 0.178. The molecule has 0 saturated carbocycles. The number of ether oxygens (including phenoxy) is 3. The van der Waals surface area contributed by atoms with E-state index in [2.05, 4.69) is 34.7 Å². The highest BCUT2D eigenvalue weighted by Gasteiger charge is 2.32. The van der Waals surface area contributed by atoms with Crippen molar-refractivity contribution >= 4 is 47.7 Å². The molecule has 5 aromatic rings. The molecule has 0 spiro atoms. The number of hydrogen-bond donors (Lipinski definition) is 0. The third kappa shape index (κ3) is 6.04. The first-order valence-corrected chi connectivity index (χ1v) is 17.8. The van der Waals surface area contributed by atoms with Crippen molar-refractivity contribution in [3.05, 3.63) is 59.8 Å². The zero-order valence-corrected chi connectivity index (χ0v) is 26.7. The molecule has 0 unspecified atom stereocenters. The number of imidazole rings is 1. The second kappa shape index (κ2) is 11.5. The zero-order valence-electron chi connectivity index (χ0n) is 24.9. The van der Waals surface area contributed by atoms with Crippen molar-refractivity contribution in [3.63, 3.8) is 0 Å². The Balaban J connectivity index is 1.41. The molecular formula is C30H35ClN6O4Si. The third-order valence-electron chi connectivity index (χ3n) is 7.11. The van der Waals surface area contributed by atoms with Gasteiger partial charge in [0.1, 0.15) is 34.6 Å². The number of aryl methyl sites for hydroxylation is 1. The van der Waals surface area contributed by atoms with Crippen molar-refractivity contribution in [2.75, 3.05) is 13.7 Å². The molecule has 42 heavy (non-hydrogen) atoms. The van der Waals surface area contributed by atoms with Crippen LogP contribution in [0.1, 0.15) is 19.7 Å². The number of halogens is 1. The molecule has 0 bridgehead atoms. The van der Waals surface area contributed by atoms with Crippen LogP contribution in [-0.2, 0) is 26.5 Å². The summed E-state index contributed by atoms with van der Waals surface area (Å²) in [5, 5.41) is 4.69. The fourth-order valence-electron chi connectivity index (χ4n) is 4.46. The van der Waals surface area contributed by atoms with Crippen LogP contribution in [-0.4, -0.2) is 57.1 Å². The summed E-state index contributed by atoms with van der Waals surface area (Å²) in [6, 6.07) is 10.4. The van der Waals surface area contributed by atoms with Gasteiger partial charge in [0.25, 0.3) is 0 Å². The van der Waals surface area contributed by atoms with Crippen molar-refractivity contribution in [2.24, 2.45) is 0 Å². The van der Waals surface area contributed by atoms with E-state index < -0.39 is 19.6 Å². The fourth-order valence-corrected chi connectivity index (χ4v) is 5.46. The number of fused-ring (bicyclic) bond motifs is 2. The number of hydrogen-bond acceptors (Lipinski definition) is 8. The van der Waals surface area contributed by atoms with Crippen molar-refractivity contribution in [3.8, 4) is 22.8 Å². The van der Waals surface area contributed by atoms with Gasteiger partial charge in [-0.2, -0.15) is 5.10 Å². The molecule has 2 aromatic carbocycles. The van der Waals surface area contributed by atoms with E-state index in [4.69, 9.17) is 30.8 Å². The van der Waals surface area contributed by atoms with Crippen LogP contribution in [0.25, 0.3) is 33.3 Å². The van der Waals surface area contributed by atoms with Crippen LogP contribution in [0.4, 0.5) is 0 Å². The van der Waals surface area contributed by atoms with E-state index in [0.29, 0.717) is 45.5 Å². The minimum absolute atomic E-state index is 0.337. The Hall–Kier alpha value is -3.80. The van der Waals surface area contributed by atoms with Crippen molar-refractivity contribution in [1.82, 2.24) is 29.3 Å². The fraction of sp³-hybridized carbons (Fsp3) is 0.367. The molecule has 0 saturated heterocycles. The van der Waals surface area contributed by atoms with Gasteiger partial charge in [-0.05, 0) is 51.1 Å². The van der Waals surface area contributed by atoms with E-state index in [1.165, 1.54) is 7.11 Å². The van der Waals surface area contributed by atoms with Gasteiger partial charge in [0.2, 0.25) is 0 Å². The molecule has 5 rings (SSSR count). The number of esters is 1. The molecule has 10 nitrogen and oxygen atoms in total. The maximum Gasteiger partial charge on any atom is 0.333 e. The Morgan fingerprint density at radius 1 is 1.07 bits per heavy atom. The minimum Gasteiger partial charge on any atom is -0.467 e. The average Bonchev–Trinajstić information content (AvgIpc) is 3.57. The van der Waals surface area contributed by atoms with Crippen molar-refractivity contribution in [1.29, 1.82) is 0 Å². The number of carbonyl (C=O) groups is 1. The lowest BCUT2D eigenvalue weighted by Crippen LogP contribution is -2.37. The quantitative estimate of drug-likeness (QED) is 0.0968. The van der Waals surface area contributed by atoms with Gasteiger partial charge in [0.15, 0.2) is 5.54 Å². The lowest BCUT2D eigenvalue weighted by atomic mass is 10.1. The van der Waals surface area contributed by atoms with Crippen molar-refractivity contribution in [2.45, 2.75) is 58.7 Å². The highest BCUT2D eigenvalue weighted by Crippen LogP contribution is 2.36. The molecule has 0 fully saturated rings. The SMILES string of the molecule is COC(=O)C(C)(C)n1cc(-c2cnc3ccc(Oc4ccc5nc(C)n(COCC[Si](C)(C)C)c5c4)c(Cl)c3n2)cn1. The van der Waals surface area contributed by atoms with E-state index in [1.807, 2.05) is 35.8 Å². The highest BCUT2D eigenvalue weighted by atomic mass is 35.5. The lowest BCUT2D eigenvalue weighted by Gasteiger charge is -2.21. The van der Waals surface area contributed by atoms with E-state index in [9.17, 15) is 4.79 Å². The predicted molar refractivity (Wildman–Crippen MR) is 166 cm³/mol. The van der Waals surface area contributed by atoms with E-state index in [1.54, 1.807) is 43.2 Å². The van der Waals surface area contributed by atoms with Crippen LogP contribution in [0.2, 0.25) is 30.7 Å². The Kier molecular flexibility index (Phi) is 8.10. The largest absolute Gasteiger partial charge is 0.467 e. The summed E-state index contributed by atoms with van der Waals surface area (Å²) < 4.78 is 20.8. The summed E-state index contributed by atoms with van der Waals surface area (Å²) in [5.41, 5.74) is 3.16. The molecule has 0 aliphatic carbocycles. The number of aromatic nitrogens is 6. The molecule has 0 atom stereocenters. The van der Waals surface area contributed by atoms with Gasteiger partial charge in [-0.3, -0.25) is 9.67 Å². The smallest absolute Gasteiger partial charge is 0.333 e. The molecule has 3 heterocycles. The lowest BCUT2D eigenvalue weighted by molar-refractivity contribution is -0.150. The number of carbonyl (C=O) groups excluding carboxylic acids is 1. The third-order valence-corrected chi connectivity index (χ3v) is 9.18. The second-order valence-electron chi connectivity index (χ2n) is 11.9. The summed E-state index contributed by atoms with van der Waals surface area (Å²) in [6.07, 6.45) is 5.01. The molecule has 220 valence electrons. The minimum atomic E-state index is -1.17. The maximum atomic E-state index is 12.2. The first kappa shape index (κ1) is 29.7. The Morgan fingerprint density at radius 2 is 1.83 bits per heavy atom. The number of methoxy groups -OCH3 is 1. The van der Waals surface area contributed by atoms with Crippen LogP contribution >= 0.6 is 11.6 Å². The summed E-state index contributed by atoms with van der Waals surface area (Å²) in [6.45, 7) is 13.6. The average molecular weight is 607 g/mol. The summed E-state index contributed by atoms with van der Waals surface area (Å²) in [5.74, 6) is 1.53. The van der Waals surface area contributed by atoms with Crippen molar-refractivity contribution < 1.29 is 19.0 Å². The molecule has 0 amide bonds. The van der Waals surface area contributed by atoms with Crippen LogP contribution < -0.4 is 4.74 Å². The topological polar surface area (TPSA) is 106 Å². The maximum absolute atomic E-state index is 12.2. The van der Waals surface area contributed by atoms with Gasteiger partial charge in [-0.1, -0.05) is 31.2 Å². The molecular weight excluding hydrogens is 572 g/mol. The van der Waals surface area contributed by atoms with Gasteiger partial charge in [0.05, 0.1) is 41.7 Å². The molecule has 12 heteroatoms. The summed E-state index contributed by atoms with van der Waals surface area (Å²) >= 11 is 6.82. The van der Waals surface area contributed by atoms with Gasteiger partial charge in [-0.15, -0.1) is 0 Å². The van der Waals surface area contributed by atoms with Gasteiger partial charge in [-0.25, -0.2) is 14.8 Å². The number of benzene rings is 2. The number of nitrogens with zero attached hydrogens (tertiary/aromatic N) is 6. The standard InChI is InChI=1S/C30H35ClN6O4Si/c1-19-34-22-9-8-21(14-25(22)36(19)18-40-12-13-42(5,6)7)41-26-11-10-23-28(27(26)31)35-24(16-32-23)20-15-33-37(17-20)30(2,3)29(38)39-4/h8-11,14-17H,12-13,18H2,1-7H3. The molecule has 0 N–H and O–H groups in total. The van der Waals surface area contributed by atoms with Gasteiger partial charge >= 0.3 is 5.97 Å². The Morgan fingerprint density at radius 3 is 2.57 bits per heavy atom. The molecule has 0 aliphatic heterocycles. The highest BCUT2D eigenvalue weighted by molar-refractivity contribution is 6.76. The molecule has 0 aliphatic rings. The Labute approximate surface area is 250 Å². The summed E-state index contributed by atoms with van der Waals surface area (Å²) in [4.78, 5) is 26.2.